The van der Waals surface area contributed by atoms with Gasteiger partial charge in [0, 0.05) is 12.6 Å². The molecule has 1 unspecified atom stereocenters. The van der Waals surface area contributed by atoms with Crippen LogP contribution in [0.25, 0.3) is 6.08 Å². The Labute approximate surface area is 153 Å². The molecule has 0 aromatic heterocycles. The number of likely N-dealkylation sites (N-methyl/N-ethyl adjacent to an activating group) is 1. The molecule has 0 radical (unpaired) electrons. The molecule has 0 fully saturated rings. The zero-order valence-corrected chi connectivity index (χ0v) is 14.3. The Hall–Kier alpha value is -3.29. The van der Waals surface area contributed by atoms with Crippen LogP contribution < -0.4 is 10.5 Å². The number of alkyl halides is 2. The molecule has 1 amide bonds. The quantitative estimate of drug-likeness (QED) is 0.873. The van der Waals surface area contributed by atoms with Gasteiger partial charge in [0.2, 0.25) is 0 Å². The Morgan fingerprint density at radius 2 is 1.85 bits per heavy atom. The van der Waals surface area contributed by atoms with Crippen LogP contribution in [0.4, 0.5) is 13.2 Å². The van der Waals surface area contributed by atoms with Crippen molar-refractivity contribution in [1.29, 1.82) is 0 Å². The molecule has 1 aliphatic heterocycles. The second-order valence-corrected chi connectivity index (χ2v) is 5.89. The molecule has 0 spiro atoms. The summed E-state index contributed by atoms with van der Waals surface area (Å²) in [5.41, 5.74) is 5.24. The van der Waals surface area contributed by atoms with Crippen molar-refractivity contribution in [3.63, 3.8) is 0 Å². The van der Waals surface area contributed by atoms with Gasteiger partial charge < -0.3 is 10.5 Å². The van der Waals surface area contributed by atoms with E-state index >= 15 is 0 Å². The second-order valence-electron chi connectivity index (χ2n) is 5.89. The summed E-state index contributed by atoms with van der Waals surface area (Å²) in [6, 6.07) is 9.60. The van der Waals surface area contributed by atoms with E-state index in [9.17, 15) is 18.0 Å². The molecule has 1 aliphatic rings. The van der Waals surface area contributed by atoms with E-state index in [1.54, 1.807) is 0 Å². The van der Waals surface area contributed by atoms with Gasteiger partial charge in [-0.05, 0) is 35.4 Å². The first-order chi connectivity index (χ1) is 12.8. The minimum atomic E-state index is -2.97. The van der Waals surface area contributed by atoms with Crippen molar-refractivity contribution in [2.75, 3.05) is 7.05 Å². The molecule has 5 nitrogen and oxygen atoms in total. The predicted octanol–water partition coefficient (Wildman–Crippen LogP) is 3.10. The number of carbonyl (C=O) groups excluding carboxylic acids is 1. The van der Waals surface area contributed by atoms with Crippen molar-refractivity contribution >= 4 is 17.9 Å². The first kappa shape index (κ1) is 18.5. The monoisotopic (exact) mass is 375 g/mol. The van der Waals surface area contributed by atoms with Crippen LogP contribution in [-0.4, -0.2) is 30.4 Å². The number of hydrogen-bond acceptors (Lipinski definition) is 4. The summed E-state index contributed by atoms with van der Waals surface area (Å²) in [5, 5.41) is 0. The van der Waals surface area contributed by atoms with E-state index < -0.39 is 23.9 Å². The highest BCUT2D eigenvalue weighted by molar-refractivity contribution is 6.09. The number of guanidine groups is 1. The lowest BCUT2D eigenvalue weighted by atomic mass is 9.82. The lowest BCUT2D eigenvalue weighted by molar-refractivity contribution is -0.129. The third-order valence-corrected chi connectivity index (χ3v) is 4.37. The van der Waals surface area contributed by atoms with Gasteiger partial charge in [0.1, 0.15) is 11.6 Å². The molecule has 1 heterocycles. The molecule has 2 aromatic carbocycles. The highest BCUT2D eigenvalue weighted by atomic mass is 19.3. The number of carbonyl (C=O) groups is 1. The first-order valence-corrected chi connectivity index (χ1v) is 7.91. The summed E-state index contributed by atoms with van der Waals surface area (Å²) in [5.74, 6) is -1.03. The van der Waals surface area contributed by atoms with Crippen molar-refractivity contribution in [1.82, 2.24) is 4.90 Å². The van der Waals surface area contributed by atoms with Crippen molar-refractivity contribution in [3.05, 3.63) is 71.6 Å². The van der Waals surface area contributed by atoms with Gasteiger partial charge in [-0.15, -0.1) is 0 Å². The number of benzene rings is 2. The summed E-state index contributed by atoms with van der Waals surface area (Å²) in [6.07, 6.45) is 1.32. The standard InChI is InChI=1S/C19H16F3N3O2/c1-3-11-10-13(6-9-15(11)20)19(16(26)25(2)18(23)24-19)12-4-7-14(8-5-12)27-17(21)22/h3-10,17H,1H2,2H3,(H2,23,24). The lowest BCUT2D eigenvalue weighted by Crippen LogP contribution is -2.41. The van der Waals surface area contributed by atoms with E-state index in [1.165, 1.54) is 60.5 Å². The smallest absolute Gasteiger partial charge is 0.387 e. The van der Waals surface area contributed by atoms with Crippen LogP contribution in [0.2, 0.25) is 0 Å². The Kier molecular flexibility index (Phi) is 4.65. The third kappa shape index (κ3) is 3.03. The molecule has 3 rings (SSSR count). The normalized spacial score (nSPS) is 19.4. The molecule has 2 N–H and O–H groups in total. The number of rotatable bonds is 5. The molecule has 27 heavy (non-hydrogen) atoms. The average Bonchev–Trinajstić information content (AvgIpc) is 2.87. The van der Waals surface area contributed by atoms with E-state index in [2.05, 4.69) is 16.3 Å². The van der Waals surface area contributed by atoms with Crippen LogP contribution in [0, 0.1) is 5.82 Å². The fourth-order valence-electron chi connectivity index (χ4n) is 2.99. The van der Waals surface area contributed by atoms with Crippen LogP contribution in [-0.2, 0) is 10.3 Å². The minimum absolute atomic E-state index is 0.0163. The van der Waals surface area contributed by atoms with E-state index in [1.807, 2.05) is 0 Å². The number of halogens is 3. The van der Waals surface area contributed by atoms with Crippen molar-refractivity contribution in [2.45, 2.75) is 12.2 Å². The van der Waals surface area contributed by atoms with Gasteiger partial charge in [0.25, 0.3) is 5.91 Å². The molecular formula is C19H16F3N3O2. The first-order valence-electron chi connectivity index (χ1n) is 7.91. The van der Waals surface area contributed by atoms with E-state index in [-0.39, 0.29) is 17.3 Å². The van der Waals surface area contributed by atoms with Crippen molar-refractivity contribution in [2.24, 2.45) is 10.7 Å². The average molecular weight is 375 g/mol. The van der Waals surface area contributed by atoms with Crippen LogP contribution in [0.15, 0.2) is 54.0 Å². The maximum atomic E-state index is 13.9. The number of amides is 1. The summed E-state index contributed by atoms with van der Waals surface area (Å²) in [4.78, 5) is 18.6. The van der Waals surface area contributed by atoms with Gasteiger partial charge in [-0.1, -0.05) is 30.9 Å². The highest BCUT2D eigenvalue weighted by Crippen LogP contribution is 2.40. The zero-order chi connectivity index (χ0) is 19.8. The molecule has 2 aromatic rings. The summed E-state index contributed by atoms with van der Waals surface area (Å²) in [6.45, 7) is 0.592. The Morgan fingerprint density at radius 3 is 2.37 bits per heavy atom. The predicted molar refractivity (Wildman–Crippen MR) is 94.7 cm³/mol. The number of ether oxygens (including phenoxy) is 1. The minimum Gasteiger partial charge on any atom is -0.435 e. The van der Waals surface area contributed by atoms with Gasteiger partial charge in [0.15, 0.2) is 11.5 Å². The van der Waals surface area contributed by atoms with Crippen LogP contribution in [0.5, 0.6) is 5.75 Å². The summed E-state index contributed by atoms with van der Waals surface area (Å²) >= 11 is 0. The molecule has 0 saturated heterocycles. The maximum Gasteiger partial charge on any atom is 0.387 e. The van der Waals surface area contributed by atoms with Crippen LogP contribution in [0.3, 0.4) is 0 Å². The van der Waals surface area contributed by atoms with E-state index in [0.29, 0.717) is 11.1 Å². The molecule has 0 aliphatic carbocycles. The maximum absolute atomic E-state index is 13.9. The number of hydrogen-bond donors (Lipinski definition) is 1. The lowest BCUT2D eigenvalue weighted by Gasteiger charge is -2.26. The van der Waals surface area contributed by atoms with Gasteiger partial charge in [-0.2, -0.15) is 8.78 Å². The molecule has 1 atom stereocenters. The van der Waals surface area contributed by atoms with Gasteiger partial charge in [-0.25, -0.2) is 9.38 Å². The molecule has 0 bridgehead atoms. The van der Waals surface area contributed by atoms with Crippen molar-refractivity contribution in [3.8, 4) is 5.75 Å². The summed E-state index contributed by atoms with van der Waals surface area (Å²) in [7, 11) is 1.47. The number of aliphatic imine (C=N–C) groups is 1. The second kappa shape index (κ2) is 6.79. The fourth-order valence-corrected chi connectivity index (χ4v) is 2.99. The van der Waals surface area contributed by atoms with Gasteiger partial charge in [-0.3, -0.25) is 9.69 Å². The summed E-state index contributed by atoms with van der Waals surface area (Å²) < 4.78 is 43.0. The molecule has 8 heteroatoms. The highest BCUT2D eigenvalue weighted by Gasteiger charge is 2.49. The number of nitrogens with zero attached hydrogens (tertiary/aromatic N) is 2. The van der Waals surface area contributed by atoms with E-state index in [0.717, 1.165) is 0 Å². The molecular weight excluding hydrogens is 359 g/mol. The largest absolute Gasteiger partial charge is 0.435 e. The Morgan fingerprint density at radius 1 is 1.22 bits per heavy atom. The van der Waals surface area contributed by atoms with Crippen LogP contribution in [0.1, 0.15) is 16.7 Å². The Balaban J connectivity index is 2.19. The van der Waals surface area contributed by atoms with Gasteiger partial charge in [0.05, 0.1) is 0 Å². The Bertz CT molecular complexity index is 928. The van der Waals surface area contributed by atoms with Crippen molar-refractivity contribution < 1.29 is 22.7 Å². The van der Waals surface area contributed by atoms with Gasteiger partial charge >= 0.3 is 6.61 Å². The van der Waals surface area contributed by atoms with E-state index in [4.69, 9.17) is 5.73 Å². The topological polar surface area (TPSA) is 67.9 Å². The SMILES string of the molecule is C=Cc1cc(C2(c3ccc(OC(F)F)cc3)N=C(N)N(C)C2=O)ccc1F. The zero-order valence-electron chi connectivity index (χ0n) is 14.3. The molecule has 0 saturated carbocycles. The third-order valence-electron chi connectivity index (χ3n) is 4.37. The molecule has 140 valence electrons. The fraction of sp³-hybridized carbons (Fsp3) is 0.158. The number of nitrogens with two attached hydrogens (primary N) is 1. The van der Waals surface area contributed by atoms with Crippen LogP contribution >= 0.6 is 0 Å².